The fourth-order valence-corrected chi connectivity index (χ4v) is 2.33. The molecule has 0 fully saturated rings. The Bertz CT molecular complexity index is 652. The summed E-state index contributed by atoms with van der Waals surface area (Å²) in [7, 11) is 1.95. The predicted molar refractivity (Wildman–Crippen MR) is 83.8 cm³/mol. The van der Waals surface area contributed by atoms with Crippen molar-refractivity contribution in [3.8, 4) is 0 Å². The second kappa shape index (κ2) is 6.50. The van der Waals surface area contributed by atoms with Gasteiger partial charge in [0, 0.05) is 18.7 Å². The molecule has 0 unspecified atom stereocenters. The normalized spacial score (nSPS) is 10.9. The third kappa shape index (κ3) is 3.67. The summed E-state index contributed by atoms with van der Waals surface area (Å²) in [5.41, 5.74) is 8.55. The van der Waals surface area contributed by atoms with Crippen LogP contribution >= 0.6 is 0 Å². The maximum atomic E-state index is 14.3. The van der Waals surface area contributed by atoms with Crippen LogP contribution in [0.25, 0.3) is 0 Å². The Morgan fingerprint density at radius 1 is 1.10 bits per heavy atom. The summed E-state index contributed by atoms with van der Waals surface area (Å²) in [5.74, 6) is -0.641. The van der Waals surface area contributed by atoms with Gasteiger partial charge in [-0.15, -0.1) is 0 Å². The summed E-state index contributed by atoms with van der Waals surface area (Å²) in [4.78, 5) is 2.05. The van der Waals surface area contributed by atoms with E-state index in [9.17, 15) is 4.39 Å². The minimum atomic E-state index is -0.401. The zero-order chi connectivity index (χ0) is 15.4. The molecule has 110 valence electrons. The first kappa shape index (κ1) is 15.2. The molecule has 0 saturated heterocycles. The van der Waals surface area contributed by atoms with Gasteiger partial charge in [0.25, 0.3) is 0 Å². The molecule has 0 amide bonds. The first-order chi connectivity index (χ1) is 9.99. The number of aryl methyl sites for hydroxylation is 1. The van der Waals surface area contributed by atoms with Crippen LogP contribution < -0.4 is 5.73 Å². The highest BCUT2D eigenvalue weighted by atomic mass is 19.1. The zero-order valence-electron chi connectivity index (χ0n) is 12.4. The van der Waals surface area contributed by atoms with Gasteiger partial charge in [-0.3, -0.25) is 10.3 Å². The smallest absolute Gasteiger partial charge is 0.138 e. The highest BCUT2D eigenvalue weighted by molar-refractivity contribution is 5.95. The van der Waals surface area contributed by atoms with Gasteiger partial charge in [0.15, 0.2) is 0 Å². The van der Waals surface area contributed by atoms with Crippen LogP contribution in [0, 0.1) is 18.2 Å². The lowest BCUT2D eigenvalue weighted by Crippen LogP contribution is -2.20. The molecule has 2 aromatic rings. The minimum Gasteiger partial charge on any atom is -0.384 e. The van der Waals surface area contributed by atoms with Gasteiger partial charge >= 0.3 is 0 Å². The Hall–Kier alpha value is -2.20. The Balaban J connectivity index is 2.13. The third-order valence-corrected chi connectivity index (χ3v) is 3.51. The predicted octanol–water partition coefficient (Wildman–Crippen LogP) is 3.05. The summed E-state index contributed by atoms with van der Waals surface area (Å²) >= 11 is 0. The number of rotatable bonds is 5. The van der Waals surface area contributed by atoms with E-state index >= 15 is 0 Å². The molecule has 2 aromatic carbocycles. The molecule has 21 heavy (non-hydrogen) atoms. The van der Waals surface area contributed by atoms with Crippen molar-refractivity contribution in [3.63, 3.8) is 0 Å². The fourth-order valence-electron chi connectivity index (χ4n) is 2.33. The highest BCUT2D eigenvalue weighted by Crippen LogP contribution is 2.16. The van der Waals surface area contributed by atoms with E-state index < -0.39 is 5.82 Å². The van der Waals surface area contributed by atoms with E-state index in [0.717, 1.165) is 6.54 Å². The van der Waals surface area contributed by atoms with Gasteiger partial charge < -0.3 is 5.73 Å². The van der Waals surface area contributed by atoms with Gasteiger partial charge in [0.05, 0.1) is 5.56 Å². The van der Waals surface area contributed by atoms with E-state index in [4.69, 9.17) is 11.1 Å². The average Bonchev–Trinajstić information content (AvgIpc) is 2.43. The topological polar surface area (TPSA) is 53.1 Å². The van der Waals surface area contributed by atoms with Crippen LogP contribution in [0.5, 0.6) is 0 Å². The second-order valence-electron chi connectivity index (χ2n) is 5.29. The number of halogens is 1. The van der Waals surface area contributed by atoms with E-state index in [1.807, 2.05) is 24.1 Å². The van der Waals surface area contributed by atoms with Crippen LogP contribution in [0.3, 0.4) is 0 Å². The van der Waals surface area contributed by atoms with Crippen molar-refractivity contribution in [2.75, 3.05) is 7.05 Å². The van der Waals surface area contributed by atoms with Gasteiger partial charge in [-0.25, -0.2) is 4.39 Å². The zero-order valence-corrected chi connectivity index (χ0v) is 12.4. The Morgan fingerprint density at radius 3 is 2.38 bits per heavy atom. The van der Waals surface area contributed by atoms with E-state index in [1.54, 1.807) is 12.1 Å². The summed E-state index contributed by atoms with van der Waals surface area (Å²) in [6.07, 6.45) is 0. The molecule has 3 N–H and O–H groups in total. The van der Waals surface area contributed by atoms with Crippen molar-refractivity contribution < 1.29 is 4.39 Å². The molecule has 0 saturated carbocycles. The number of nitrogens with one attached hydrogen (secondary N) is 1. The maximum absolute atomic E-state index is 14.3. The molecule has 0 bridgehead atoms. The standard InChI is InChI=1S/C17H20FN3/c1-12-6-3-4-7-13(12)10-21(2)11-14-8-5-9-15(16(14)18)17(19)20/h3-9H,10-11H2,1-2H3,(H3,19,20). The van der Waals surface area contributed by atoms with Crippen molar-refractivity contribution in [2.45, 2.75) is 20.0 Å². The lowest BCUT2D eigenvalue weighted by atomic mass is 10.1. The van der Waals surface area contributed by atoms with Crippen molar-refractivity contribution >= 4 is 5.84 Å². The van der Waals surface area contributed by atoms with Crippen LogP contribution in [0.15, 0.2) is 42.5 Å². The molecule has 2 rings (SSSR count). The molecule has 0 radical (unpaired) electrons. The van der Waals surface area contributed by atoms with Crippen LogP contribution in [0.4, 0.5) is 4.39 Å². The van der Waals surface area contributed by atoms with Crippen molar-refractivity contribution in [2.24, 2.45) is 5.73 Å². The van der Waals surface area contributed by atoms with Crippen LogP contribution in [0.2, 0.25) is 0 Å². The summed E-state index contributed by atoms with van der Waals surface area (Å²) in [5, 5.41) is 7.39. The van der Waals surface area contributed by atoms with E-state index in [0.29, 0.717) is 12.1 Å². The summed E-state index contributed by atoms with van der Waals surface area (Å²) < 4.78 is 14.3. The lowest BCUT2D eigenvalue weighted by Gasteiger charge is -2.19. The molecule has 4 heteroatoms. The number of benzene rings is 2. The monoisotopic (exact) mass is 285 g/mol. The van der Waals surface area contributed by atoms with Crippen molar-refractivity contribution in [1.82, 2.24) is 4.90 Å². The van der Waals surface area contributed by atoms with Crippen LogP contribution in [0.1, 0.15) is 22.3 Å². The average molecular weight is 285 g/mol. The Labute approximate surface area is 124 Å². The largest absolute Gasteiger partial charge is 0.384 e. The molecule has 0 atom stereocenters. The fraction of sp³-hybridized carbons (Fsp3) is 0.235. The second-order valence-corrected chi connectivity index (χ2v) is 5.29. The molecule has 0 aromatic heterocycles. The minimum absolute atomic E-state index is 0.164. The first-order valence-electron chi connectivity index (χ1n) is 6.84. The Morgan fingerprint density at radius 2 is 1.71 bits per heavy atom. The highest BCUT2D eigenvalue weighted by Gasteiger charge is 2.12. The molecule has 3 nitrogen and oxygen atoms in total. The molecule has 0 aliphatic carbocycles. The maximum Gasteiger partial charge on any atom is 0.138 e. The number of nitrogens with two attached hydrogens (primary N) is 1. The van der Waals surface area contributed by atoms with Gasteiger partial charge in [-0.1, -0.05) is 36.4 Å². The van der Waals surface area contributed by atoms with Gasteiger partial charge in [-0.2, -0.15) is 0 Å². The van der Waals surface area contributed by atoms with E-state index in [-0.39, 0.29) is 11.4 Å². The molecule has 0 aliphatic rings. The lowest BCUT2D eigenvalue weighted by molar-refractivity contribution is 0.313. The van der Waals surface area contributed by atoms with Gasteiger partial charge in [-0.05, 0) is 31.2 Å². The summed E-state index contributed by atoms with van der Waals surface area (Å²) in [6.45, 7) is 3.29. The van der Waals surface area contributed by atoms with Crippen molar-refractivity contribution in [1.29, 1.82) is 5.41 Å². The Kier molecular flexibility index (Phi) is 4.70. The number of hydrogen-bond acceptors (Lipinski definition) is 2. The van der Waals surface area contributed by atoms with E-state index in [2.05, 4.69) is 19.1 Å². The number of nitrogens with zero attached hydrogens (tertiary/aromatic N) is 1. The molecule has 0 aliphatic heterocycles. The first-order valence-corrected chi connectivity index (χ1v) is 6.84. The van der Waals surface area contributed by atoms with Crippen LogP contribution in [-0.4, -0.2) is 17.8 Å². The SMILES string of the molecule is Cc1ccccc1CN(C)Cc1cccc(C(=N)N)c1F. The third-order valence-electron chi connectivity index (χ3n) is 3.51. The quantitative estimate of drug-likeness (QED) is 0.655. The molecular formula is C17H20FN3. The van der Waals surface area contributed by atoms with Gasteiger partial charge in [0.1, 0.15) is 11.7 Å². The molecule has 0 heterocycles. The van der Waals surface area contributed by atoms with Gasteiger partial charge in [0.2, 0.25) is 0 Å². The molecular weight excluding hydrogens is 265 g/mol. The number of hydrogen-bond donors (Lipinski definition) is 2. The number of nitrogen functional groups attached to an aromatic ring is 1. The molecule has 0 spiro atoms. The number of amidine groups is 1. The van der Waals surface area contributed by atoms with Crippen molar-refractivity contribution in [3.05, 3.63) is 70.5 Å². The summed E-state index contributed by atoms with van der Waals surface area (Å²) in [6, 6.07) is 13.2. The van der Waals surface area contributed by atoms with E-state index in [1.165, 1.54) is 17.2 Å². The van der Waals surface area contributed by atoms with Crippen LogP contribution in [-0.2, 0) is 13.1 Å².